The highest BCUT2D eigenvalue weighted by Gasteiger charge is 1.99. The molecule has 0 heterocycles. The summed E-state index contributed by atoms with van der Waals surface area (Å²) in [4.78, 5) is 2.18. The van der Waals surface area contributed by atoms with Crippen molar-refractivity contribution < 1.29 is 5.73 Å². The second-order valence-electron chi connectivity index (χ2n) is 4.17. The molecule has 104 valence electrons. The van der Waals surface area contributed by atoms with E-state index >= 15 is 0 Å². The minimum Gasteiger partial charge on any atom is -0.411 e. The third-order valence-electron chi connectivity index (χ3n) is 2.32. The summed E-state index contributed by atoms with van der Waals surface area (Å²) < 4.78 is 0.650. The molecule has 0 aromatic rings. The molecule has 0 rings (SSSR count). The lowest BCUT2D eigenvalue weighted by Gasteiger charge is -2.28. The summed E-state index contributed by atoms with van der Waals surface area (Å²) in [5, 5.41) is 0. The summed E-state index contributed by atoms with van der Waals surface area (Å²) >= 11 is 10.1. The summed E-state index contributed by atoms with van der Waals surface area (Å²) in [6.45, 7) is 9.56. The maximum atomic E-state index is 5.06. The number of rotatable bonds is 8. The van der Waals surface area contributed by atoms with E-state index in [0.717, 1.165) is 19.6 Å². The minimum absolute atomic E-state index is 0.650. The Kier molecular flexibility index (Phi) is 18.3. The van der Waals surface area contributed by atoms with E-state index < -0.39 is 0 Å². The molecular weight excluding hydrogens is 248 g/mol. The van der Waals surface area contributed by atoms with Gasteiger partial charge in [-0.1, -0.05) is 43.9 Å². The van der Waals surface area contributed by atoms with E-state index in [1.165, 1.54) is 38.5 Å². The van der Waals surface area contributed by atoms with Crippen molar-refractivity contribution in [3.63, 3.8) is 0 Å². The van der Waals surface area contributed by atoms with E-state index in [1.807, 2.05) is 6.92 Å². The first-order chi connectivity index (χ1) is 8.13. The number of nitrogens with zero attached hydrogens (tertiary/aromatic N) is 1. The van der Waals surface area contributed by atoms with Crippen molar-refractivity contribution in [3.8, 4) is 0 Å². The molecule has 3 N–H and O–H groups in total. The van der Waals surface area contributed by atoms with Gasteiger partial charge in [0.05, 0.1) is 6.54 Å². The predicted octanol–water partition coefficient (Wildman–Crippen LogP) is 2.75. The molecule has 0 saturated heterocycles. The van der Waals surface area contributed by atoms with Crippen molar-refractivity contribution in [2.45, 2.75) is 59.3 Å². The Hall–Kier alpha value is 0.0700. The van der Waals surface area contributed by atoms with E-state index in [9.17, 15) is 0 Å². The summed E-state index contributed by atoms with van der Waals surface area (Å²) in [6, 6.07) is 0. The topological polar surface area (TPSA) is 30.9 Å². The van der Waals surface area contributed by atoms with Crippen LogP contribution in [0.2, 0.25) is 0 Å². The van der Waals surface area contributed by atoms with Gasteiger partial charge < -0.3 is 35.5 Å². The van der Waals surface area contributed by atoms with Crippen LogP contribution in [0.1, 0.15) is 59.3 Å². The zero-order chi connectivity index (χ0) is 13.5. The highest BCUT2D eigenvalue weighted by atomic mass is 32.1. The zero-order valence-corrected chi connectivity index (χ0v) is 13.5. The molecule has 0 atom stereocenters. The fraction of sp³-hybridized carbons (Fsp3) is 0.923. The Balaban J connectivity index is 0. The molecule has 0 radical (unpaired) electrons. The van der Waals surface area contributed by atoms with Crippen LogP contribution in [0.5, 0.6) is 0 Å². The van der Waals surface area contributed by atoms with E-state index in [2.05, 4.69) is 24.5 Å². The molecule has 0 aromatic carbocycles. The molecule has 0 aromatic heterocycles. The fourth-order valence-corrected chi connectivity index (χ4v) is 1.76. The molecule has 0 spiro atoms. The van der Waals surface area contributed by atoms with Crippen LogP contribution in [0.3, 0.4) is 0 Å². The van der Waals surface area contributed by atoms with Gasteiger partial charge >= 0.3 is 0 Å². The summed E-state index contributed by atoms with van der Waals surface area (Å²) in [5.41, 5.74) is 3.49. The van der Waals surface area contributed by atoms with Gasteiger partial charge in [0.15, 0.2) is 0 Å². The van der Waals surface area contributed by atoms with E-state index in [1.54, 1.807) is 0 Å². The molecule has 0 fully saturated rings. The SMILES string of the molecule is CCCCCN(CCCCC)C(=S)[S-].CC[NH3+]. The fourth-order valence-electron chi connectivity index (χ4n) is 1.40. The molecule has 0 saturated carbocycles. The van der Waals surface area contributed by atoms with Crippen LogP contribution in [0.4, 0.5) is 0 Å². The molecule has 0 amide bonds. The number of quaternary nitrogens is 1. The molecule has 2 nitrogen and oxygen atoms in total. The highest BCUT2D eigenvalue weighted by molar-refractivity contribution is 8.00. The molecule has 0 aliphatic carbocycles. The summed E-state index contributed by atoms with van der Waals surface area (Å²) in [6.07, 6.45) is 7.52. The standard InChI is InChI=1S/C11H23NS2.C2H7N/c1-3-5-7-9-12(11(13)14)10-8-6-4-2;1-2-3/h3-10H2,1-2H3,(H,13,14);2-3H2,1H3. The Morgan fingerprint density at radius 1 is 1.00 bits per heavy atom. The highest BCUT2D eigenvalue weighted by Crippen LogP contribution is 2.03. The average molecular weight is 279 g/mol. The second-order valence-corrected chi connectivity index (χ2v) is 5.20. The lowest BCUT2D eigenvalue weighted by Crippen LogP contribution is -2.48. The van der Waals surface area contributed by atoms with Crippen molar-refractivity contribution in [1.29, 1.82) is 0 Å². The number of hydrogen-bond acceptors (Lipinski definition) is 2. The third kappa shape index (κ3) is 16.1. The Bertz CT molecular complexity index is 153. The monoisotopic (exact) mass is 278 g/mol. The maximum absolute atomic E-state index is 5.06. The van der Waals surface area contributed by atoms with E-state index in [0.29, 0.717) is 4.32 Å². The first-order valence-electron chi connectivity index (χ1n) is 6.89. The van der Waals surface area contributed by atoms with Crippen LogP contribution in [0, 0.1) is 0 Å². The normalized spacial score (nSPS) is 9.41. The predicted molar refractivity (Wildman–Crippen MR) is 84.0 cm³/mol. The molecule has 0 aliphatic heterocycles. The lowest BCUT2D eigenvalue weighted by atomic mass is 10.2. The Morgan fingerprint density at radius 3 is 1.59 bits per heavy atom. The van der Waals surface area contributed by atoms with Gasteiger partial charge in [-0.15, -0.1) is 0 Å². The first kappa shape index (κ1) is 19.4. The molecule has 17 heavy (non-hydrogen) atoms. The van der Waals surface area contributed by atoms with Crippen molar-refractivity contribution in [3.05, 3.63) is 0 Å². The van der Waals surface area contributed by atoms with Gasteiger partial charge in [-0.2, -0.15) is 0 Å². The van der Waals surface area contributed by atoms with Crippen molar-refractivity contribution in [2.75, 3.05) is 19.6 Å². The minimum atomic E-state index is 0.650. The molecule has 4 heteroatoms. The number of unbranched alkanes of at least 4 members (excludes halogenated alkanes) is 4. The van der Waals surface area contributed by atoms with Crippen molar-refractivity contribution in [1.82, 2.24) is 4.90 Å². The molecule has 0 bridgehead atoms. The average Bonchev–Trinajstić information content (AvgIpc) is 2.28. The van der Waals surface area contributed by atoms with Crippen molar-refractivity contribution in [2.24, 2.45) is 0 Å². The van der Waals surface area contributed by atoms with Gasteiger partial charge in [0.1, 0.15) is 0 Å². The van der Waals surface area contributed by atoms with Gasteiger partial charge in [-0.05, 0) is 19.8 Å². The van der Waals surface area contributed by atoms with E-state index in [4.69, 9.17) is 24.8 Å². The van der Waals surface area contributed by atoms with E-state index in [-0.39, 0.29) is 0 Å². The largest absolute Gasteiger partial charge is 0.411 e. The van der Waals surface area contributed by atoms with Crippen LogP contribution < -0.4 is 5.73 Å². The third-order valence-corrected chi connectivity index (χ3v) is 2.84. The Labute approximate surface area is 119 Å². The van der Waals surface area contributed by atoms with Crippen LogP contribution in [-0.2, 0) is 12.6 Å². The number of hydrogen-bond donors (Lipinski definition) is 1. The van der Waals surface area contributed by atoms with Gasteiger partial charge in [-0.3, -0.25) is 0 Å². The first-order valence-corrected chi connectivity index (χ1v) is 7.70. The van der Waals surface area contributed by atoms with Crippen LogP contribution in [0.15, 0.2) is 0 Å². The maximum Gasteiger partial charge on any atom is 0.0711 e. The summed E-state index contributed by atoms with van der Waals surface area (Å²) in [7, 11) is 0. The quantitative estimate of drug-likeness (QED) is 0.421. The van der Waals surface area contributed by atoms with Crippen LogP contribution in [-0.4, -0.2) is 28.9 Å². The number of thiocarbonyl (C=S) groups is 1. The van der Waals surface area contributed by atoms with Crippen LogP contribution >= 0.6 is 12.2 Å². The van der Waals surface area contributed by atoms with Gasteiger partial charge in [-0.25, -0.2) is 0 Å². The summed E-state index contributed by atoms with van der Waals surface area (Å²) in [5.74, 6) is 0. The van der Waals surface area contributed by atoms with Gasteiger partial charge in [0.2, 0.25) is 0 Å². The van der Waals surface area contributed by atoms with Crippen LogP contribution in [0.25, 0.3) is 0 Å². The molecule has 0 unspecified atom stereocenters. The Morgan fingerprint density at radius 2 is 1.35 bits per heavy atom. The second kappa shape index (κ2) is 16.1. The molecular formula is C13H30N2S2. The smallest absolute Gasteiger partial charge is 0.0711 e. The lowest BCUT2D eigenvalue weighted by molar-refractivity contribution is -0.361. The molecule has 0 aliphatic rings. The van der Waals surface area contributed by atoms with Gasteiger partial charge in [0.25, 0.3) is 0 Å². The zero-order valence-electron chi connectivity index (χ0n) is 11.8. The van der Waals surface area contributed by atoms with Crippen molar-refractivity contribution >= 4 is 29.2 Å². The van der Waals surface area contributed by atoms with Gasteiger partial charge in [0, 0.05) is 13.1 Å².